The Labute approximate surface area is 118 Å². The summed E-state index contributed by atoms with van der Waals surface area (Å²) < 4.78 is 0. The lowest BCUT2D eigenvalue weighted by Crippen LogP contribution is -2.54. The first-order valence-electron chi connectivity index (χ1n) is 6.74. The van der Waals surface area contributed by atoms with Gasteiger partial charge in [-0.25, -0.2) is 4.79 Å². The number of hydrogen-bond acceptors (Lipinski definition) is 2. The number of urea groups is 1. The maximum absolute atomic E-state index is 12.1. The van der Waals surface area contributed by atoms with Crippen LogP contribution in [-0.2, 0) is 4.79 Å². The van der Waals surface area contributed by atoms with Crippen molar-refractivity contribution in [1.82, 2.24) is 4.90 Å². The Hall–Kier alpha value is -2.04. The van der Waals surface area contributed by atoms with Gasteiger partial charge in [-0.1, -0.05) is 19.1 Å². The van der Waals surface area contributed by atoms with Gasteiger partial charge >= 0.3 is 12.0 Å². The number of aryl methyl sites for hydroxylation is 2. The summed E-state index contributed by atoms with van der Waals surface area (Å²) in [4.78, 5) is 24.6. The van der Waals surface area contributed by atoms with E-state index in [1.54, 1.807) is 11.8 Å². The summed E-state index contributed by atoms with van der Waals surface area (Å²) in [6.07, 6.45) is 0. The van der Waals surface area contributed by atoms with Crippen molar-refractivity contribution in [2.24, 2.45) is 11.8 Å². The predicted molar refractivity (Wildman–Crippen MR) is 76.8 cm³/mol. The van der Waals surface area contributed by atoms with Gasteiger partial charge in [0, 0.05) is 24.7 Å². The Morgan fingerprint density at radius 2 is 2.00 bits per heavy atom. The van der Waals surface area contributed by atoms with E-state index < -0.39 is 11.9 Å². The van der Waals surface area contributed by atoms with Gasteiger partial charge in [0.05, 0.1) is 5.92 Å². The van der Waals surface area contributed by atoms with Gasteiger partial charge in [-0.15, -0.1) is 0 Å². The van der Waals surface area contributed by atoms with Gasteiger partial charge in [0.25, 0.3) is 0 Å². The first-order valence-corrected chi connectivity index (χ1v) is 6.74. The van der Waals surface area contributed by atoms with Crippen LogP contribution >= 0.6 is 0 Å². The molecule has 2 N–H and O–H groups in total. The lowest BCUT2D eigenvalue weighted by atomic mass is 9.87. The number of carbonyl (C=O) groups is 2. The number of anilines is 1. The highest BCUT2D eigenvalue weighted by molar-refractivity contribution is 5.91. The van der Waals surface area contributed by atoms with Crippen molar-refractivity contribution in [3.8, 4) is 0 Å². The smallest absolute Gasteiger partial charge is 0.321 e. The Balaban J connectivity index is 1.92. The van der Waals surface area contributed by atoms with Crippen molar-refractivity contribution in [2.45, 2.75) is 20.8 Å². The minimum absolute atomic E-state index is 0.0526. The van der Waals surface area contributed by atoms with E-state index >= 15 is 0 Å². The molecule has 1 aliphatic rings. The fourth-order valence-corrected chi connectivity index (χ4v) is 2.26. The van der Waals surface area contributed by atoms with Crippen LogP contribution < -0.4 is 5.32 Å². The number of carboxylic acid groups (broad SMARTS) is 1. The average Bonchev–Trinajstić information content (AvgIpc) is 2.31. The molecule has 1 atom stereocenters. The Bertz CT molecular complexity index is 536. The third kappa shape index (κ3) is 2.92. The molecule has 108 valence electrons. The molecule has 1 aromatic rings. The second-order valence-corrected chi connectivity index (χ2v) is 5.54. The number of amides is 2. The molecule has 0 bridgehead atoms. The number of nitrogens with zero attached hydrogens (tertiary/aromatic N) is 1. The van der Waals surface area contributed by atoms with Gasteiger partial charge in [-0.2, -0.15) is 0 Å². The van der Waals surface area contributed by atoms with Crippen LogP contribution in [0.1, 0.15) is 18.1 Å². The van der Waals surface area contributed by atoms with E-state index in [4.69, 9.17) is 5.11 Å². The van der Waals surface area contributed by atoms with Crippen molar-refractivity contribution in [3.05, 3.63) is 29.3 Å². The largest absolute Gasteiger partial charge is 0.481 e. The van der Waals surface area contributed by atoms with Gasteiger partial charge < -0.3 is 15.3 Å². The summed E-state index contributed by atoms with van der Waals surface area (Å²) in [5, 5.41) is 11.8. The minimum atomic E-state index is -0.801. The zero-order valence-electron chi connectivity index (χ0n) is 12.0. The standard InChI is InChI=1S/C15H20N2O3/c1-9-4-5-10(2)13(6-9)16-15(20)17-7-12(8-17)11(3)14(18)19/h4-6,11-12H,7-8H2,1-3H3,(H,16,20)(H,18,19). The molecule has 1 heterocycles. The molecule has 0 radical (unpaired) electrons. The van der Waals surface area contributed by atoms with E-state index in [2.05, 4.69) is 5.32 Å². The number of nitrogens with one attached hydrogen (secondary N) is 1. The number of carboxylic acids is 1. The molecule has 0 aromatic heterocycles. The number of likely N-dealkylation sites (tertiary alicyclic amines) is 1. The zero-order valence-corrected chi connectivity index (χ0v) is 12.0. The third-order valence-corrected chi connectivity index (χ3v) is 3.93. The Morgan fingerprint density at radius 1 is 1.35 bits per heavy atom. The van der Waals surface area contributed by atoms with Crippen LogP contribution in [0.5, 0.6) is 0 Å². The van der Waals surface area contributed by atoms with Gasteiger partial charge in [0.1, 0.15) is 0 Å². The van der Waals surface area contributed by atoms with Crippen LogP contribution in [0.15, 0.2) is 18.2 Å². The molecule has 1 saturated heterocycles. The highest BCUT2D eigenvalue weighted by Gasteiger charge is 2.37. The summed E-state index contributed by atoms with van der Waals surface area (Å²) in [6.45, 7) is 6.62. The number of hydrogen-bond donors (Lipinski definition) is 2. The van der Waals surface area contributed by atoms with Crippen molar-refractivity contribution in [3.63, 3.8) is 0 Å². The number of aliphatic carboxylic acids is 1. The van der Waals surface area contributed by atoms with E-state index in [0.717, 1.165) is 16.8 Å². The summed E-state index contributed by atoms with van der Waals surface area (Å²) in [7, 11) is 0. The molecule has 0 aliphatic carbocycles. The van der Waals surface area contributed by atoms with Gasteiger partial charge in [-0.05, 0) is 31.0 Å². The first kappa shape index (κ1) is 14.4. The Kier molecular flexibility index (Phi) is 3.97. The molecule has 20 heavy (non-hydrogen) atoms. The van der Waals surface area contributed by atoms with Crippen molar-refractivity contribution >= 4 is 17.7 Å². The average molecular weight is 276 g/mol. The van der Waals surface area contributed by atoms with E-state index in [9.17, 15) is 9.59 Å². The molecule has 5 heteroatoms. The molecule has 1 fully saturated rings. The quantitative estimate of drug-likeness (QED) is 0.891. The van der Waals surface area contributed by atoms with Crippen molar-refractivity contribution in [1.29, 1.82) is 0 Å². The normalized spacial score (nSPS) is 16.4. The topological polar surface area (TPSA) is 69.6 Å². The molecule has 0 saturated carbocycles. The highest BCUT2D eigenvalue weighted by Crippen LogP contribution is 2.25. The molecule has 1 aromatic carbocycles. The van der Waals surface area contributed by atoms with Gasteiger partial charge in [-0.3, -0.25) is 4.79 Å². The monoisotopic (exact) mass is 276 g/mol. The summed E-state index contributed by atoms with van der Waals surface area (Å²) in [5.74, 6) is -1.15. The van der Waals surface area contributed by atoms with E-state index in [-0.39, 0.29) is 11.9 Å². The number of benzene rings is 1. The summed E-state index contributed by atoms with van der Waals surface area (Å²) >= 11 is 0. The van der Waals surface area contributed by atoms with Gasteiger partial charge in [0.15, 0.2) is 0 Å². The van der Waals surface area contributed by atoms with Crippen LogP contribution in [0.2, 0.25) is 0 Å². The molecule has 2 amide bonds. The van der Waals surface area contributed by atoms with Crippen LogP contribution in [0.3, 0.4) is 0 Å². The number of carbonyl (C=O) groups excluding carboxylic acids is 1. The Morgan fingerprint density at radius 3 is 2.60 bits per heavy atom. The molecular formula is C15H20N2O3. The number of rotatable bonds is 3. The van der Waals surface area contributed by atoms with E-state index in [0.29, 0.717) is 13.1 Å². The second kappa shape index (κ2) is 5.53. The van der Waals surface area contributed by atoms with Crippen LogP contribution in [0.4, 0.5) is 10.5 Å². The molecule has 2 rings (SSSR count). The fourth-order valence-electron chi connectivity index (χ4n) is 2.26. The lowest BCUT2D eigenvalue weighted by Gasteiger charge is -2.41. The van der Waals surface area contributed by atoms with E-state index in [1.165, 1.54) is 0 Å². The second-order valence-electron chi connectivity index (χ2n) is 5.54. The predicted octanol–water partition coefficient (Wildman–Crippen LogP) is 2.49. The van der Waals surface area contributed by atoms with E-state index in [1.807, 2.05) is 32.0 Å². The highest BCUT2D eigenvalue weighted by atomic mass is 16.4. The van der Waals surface area contributed by atoms with Crippen molar-refractivity contribution in [2.75, 3.05) is 18.4 Å². The SMILES string of the molecule is Cc1ccc(C)c(NC(=O)N2CC(C(C)C(=O)O)C2)c1. The summed E-state index contributed by atoms with van der Waals surface area (Å²) in [5.41, 5.74) is 2.91. The third-order valence-electron chi connectivity index (χ3n) is 3.93. The maximum atomic E-state index is 12.1. The first-order chi connectivity index (χ1) is 9.38. The maximum Gasteiger partial charge on any atom is 0.321 e. The molecule has 5 nitrogen and oxygen atoms in total. The molecular weight excluding hydrogens is 256 g/mol. The zero-order chi connectivity index (χ0) is 14.9. The molecule has 0 spiro atoms. The van der Waals surface area contributed by atoms with Crippen LogP contribution in [0, 0.1) is 25.7 Å². The molecule has 1 aliphatic heterocycles. The fraction of sp³-hybridized carbons (Fsp3) is 0.467. The summed E-state index contributed by atoms with van der Waals surface area (Å²) in [6, 6.07) is 5.74. The lowest BCUT2D eigenvalue weighted by molar-refractivity contribution is -0.144. The minimum Gasteiger partial charge on any atom is -0.481 e. The van der Waals surface area contributed by atoms with Gasteiger partial charge in [0.2, 0.25) is 0 Å². The molecule has 1 unspecified atom stereocenters. The van der Waals surface area contributed by atoms with Crippen LogP contribution in [-0.4, -0.2) is 35.1 Å². The van der Waals surface area contributed by atoms with Crippen LogP contribution in [0.25, 0.3) is 0 Å². The van der Waals surface area contributed by atoms with Crippen molar-refractivity contribution < 1.29 is 14.7 Å².